The molecular weight excluding hydrogens is 240 g/mol. The third kappa shape index (κ3) is 2.68. The molecule has 2 rings (SSSR count). The van der Waals surface area contributed by atoms with Crippen molar-refractivity contribution in [2.75, 3.05) is 36.9 Å². The van der Waals surface area contributed by atoms with Gasteiger partial charge in [-0.15, -0.1) is 11.8 Å². The maximum atomic E-state index is 12.3. The lowest BCUT2D eigenvalue weighted by Gasteiger charge is -2.27. The van der Waals surface area contributed by atoms with Crippen LogP contribution in [0.1, 0.15) is 13.3 Å². The highest BCUT2D eigenvalue weighted by Gasteiger charge is 2.37. The number of nitrogens with zero attached hydrogens (tertiary/aromatic N) is 1. The molecule has 2 N–H and O–H groups in total. The van der Waals surface area contributed by atoms with E-state index in [1.54, 1.807) is 0 Å². The van der Waals surface area contributed by atoms with E-state index in [1.807, 2.05) is 28.4 Å². The second-order valence-corrected chi connectivity index (χ2v) is 7.42. The molecule has 2 fully saturated rings. The maximum absolute atomic E-state index is 12.3. The van der Waals surface area contributed by atoms with Gasteiger partial charge in [0, 0.05) is 30.3 Å². The molecule has 92 valence electrons. The van der Waals surface area contributed by atoms with Crippen molar-refractivity contribution in [3.8, 4) is 0 Å². The normalized spacial score (nSPS) is 35.4. The Morgan fingerprint density at radius 1 is 1.56 bits per heavy atom. The van der Waals surface area contributed by atoms with Crippen LogP contribution in [0, 0.1) is 5.41 Å². The first-order chi connectivity index (χ1) is 7.64. The van der Waals surface area contributed by atoms with Crippen LogP contribution in [0.25, 0.3) is 0 Å². The molecule has 1 amide bonds. The molecule has 2 aliphatic heterocycles. The summed E-state index contributed by atoms with van der Waals surface area (Å²) in [6.45, 7) is 4.62. The molecule has 2 aliphatic rings. The highest BCUT2D eigenvalue weighted by atomic mass is 32.2. The van der Waals surface area contributed by atoms with Gasteiger partial charge in [-0.2, -0.15) is 11.8 Å². The summed E-state index contributed by atoms with van der Waals surface area (Å²) in [4.78, 5) is 14.3. The Balaban J connectivity index is 1.91. The number of amides is 1. The predicted molar refractivity (Wildman–Crippen MR) is 71.9 cm³/mol. The van der Waals surface area contributed by atoms with Crippen LogP contribution in [0.15, 0.2) is 0 Å². The van der Waals surface area contributed by atoms with Crippen LogP contribution in [0.5, 0.6) is 0 Å². The van der Waals surface area contributed by atoms with Crippen molar-refractivity contribution in [3.05, 3.63) is 0 Å². The molecule has 5 heteroatoms. The average Bonchev–Trinajstić information content (AvgIpc) is 2.73. The fourth-order valence-corrected chi connectivity index (χ4v) is 4.84. The van der Waals surface area contributed by atoms with Gasteiger partial charge in [-0.25, -0.2) is 0 Å². The number of carbonyl (C=O) groups excluding carboxylic acids is 1. The molecule has 0 aromatic rings. The van der Waals surface area contributed by atoms with Crippen LogP contribution >= 0.6 is 23.5 Å². The first kappa shape index (κ1) is 12.6. The van der Waals surface area contributed by atoms with E-state index < -0.39 is 0 Å². The molecule has 2 atom stereocenters. The van der Waals surface area contributed by atoms with Crippen LogP contribution in [0.4, 0.5) is 0 Å². The van der Waals surface area contributed by atoms with Crippen LogP contribution < -0.4 is 5.73 Å². The summed E-state index contributed by atoms with van der Waals surface area (Å²) in [6, 6.07) is 0. The lowest BCUT2D eigenvalue weighted by molar-refractivity contribution is -0.129. The highest BCUT2D eigenvalue weighted by molar-refractivity contribution is 8.07. The SMILES string of the molecule is CC1(CN)CCN(C(=O)C2CSCCS2)C1. The molecule has 16 heavy (non-hydrogen) atoms. The minimum absolute atomic E-state index is 0.155. The van der Waals surface area contributed by atoms with Crippen molar-refractivity contribution in [1.82, 2.24) is 4.90 Å². The number of nitrogens with two attached hydrogens (primary N) is 1. The Morgan fingerprint density at radius 3 is 2.94 bits per heavy atom. The number of thioether (sulfide) groups is 2. The fraction of sp³-hybridized carbons (Fsp3) is 0.909. The zero-order chi connectivity index (χ0) is 11.6. The molecule has 0 radical (unpaired) electrons. The van der Waals surface area contributed by atoms with Gasteiger partial charge in [0.1, 0.15) is 0 Å². The monoisotopic (exact) mass is 260 g/mol. The van der Waals surface area contributed by atoms with Crippen LogP contribution in [-0.2, 0) is 4.79 Å². The molecule has 0 saturated carbocycles. The lowest BCUT2D eigenvalue weighted by Crippen LogP contribution is -2.40. The van der Waals surface area contributed by atoms with Crippen molar-refractivity contribution in [2.45, 2.75) is 18.6 Å². The quantitative estimate of drug-likeness (QED) is 0.805. The second kappa shape index (κ2) is 5.19. The smallest absolute Gasteiger partial charge is 0.236 e. The summed E-state index contributed by atoms with van der Waals surface area (Å²) in [6.07, 6.45) is 1.06. The highest BCUT2D eigenvalue weighted by Crippen LogP contribution is 2.32. The molecule has 0 aliphatic carbocycles. The number of carbonyl (C=O) groups is 1. The Labute approximate surface area is 106 Å². The molecular formula is C11H20N2OS2. The summed E-state index contributed by atoms with van der Waals surface area (Å²) in [5.41, 5.74) is 5.92. The van der Waals surface area contributed by atoms with Crippen molar-refractivity contribution in [1.29, 1.82) is 0 Å². The summed E-state index contributed by atoms with van der Waals surface area (Å²) >= 11 is 3.73. The first-order valence-corrected chi connectivity index (χ1v) is 8.03. The molecule has 0 bridgehead atoms. The van der Waals surface area contributed by atoms with Gasteiger partial charge < -0.3 is 10.6 Å². The van der Waals surface area contributed by atoms with Crippen molar-refractivity contribution >= 4 is 29.4 Å². The molecule has 2 saturated heterocycles. The topological polar surface area (TPSA) is 46.3 Å². The summed E-state index contributed by atoms with van der Waals surface area (Å²) in [7, 11) is 0. The molecule has 3 nitrogen and oxygen atoms in total. The number of hydrogen-bond donors (Lipinski definition) is 1. The average molecular weight is 260 g/mol. The zero-order valence-corrected chi connectivity index (χ0v) is 11.4. The van der Waals surface area contributed by atoms with E-state index in [-0.39, 0.29) is 10.7 Å². The van der Waals surface area contributed by atoms with Crippen LogP contribution in [-0.4, -0.2) is 52.9 Å². The predicted octanol–water partition coefficient (Wildman–Crippen LogP) is 1.03. The minimum Gasteiger partial charge on any atom is -0.341 e. The number of hydrogen-bond acceptors (Lipinski definition) is 4. The number of rotatable bonds is 2. The Hall–Kier alpha value is 0.130. The molecule has 0 aromatic heterocycles. The van der Waals surface area contributed by atoms with E-state index in [4.69, 9.17) is 5.73 Å². The van der Waals surface area contributed by atoms with Crippen LogP contribution in [0.3, 0.4) is 0 Å². The molecule has 0 aromatic carbocycles. The molecule has 2 heterocycles. The van der Waals surface area contributed by atoms with Crippen molar-refractivity contribution in [3.63, 3.8) is 0 Å². The van der Waals surface area contributed by atoms with E-state index in [2.05, 4.69) is 6.92 Å². The molecule has 2 unspecified atom stereocenters. The first-order valence-electron chi connectivity index (χ1n) is 5.83. The van der Waals surface area contributed by atoms with Crippen LogP contribution in [0.2, 0.25) is 0 Å². The van der Waals surface area contributed by atoms with Crippen molar-refractivity contribution in [2.24, 2.45) is 11.1 Å². The van der Waals surface area contributed by atoms with Gasteiger partial charge in [0.05, 0.1) is 5.25 Å². The van der Waals surface area contributed by atoms with E-state index in [0.29, 0.717) is 12.5 Å². The third-order valence-electron chi connectivity index (χ3n) is 3.45. The standard InChI is InChI=1S/C11H20N2OS2/c1-11(7-12)2-3-13(8-11)10(14)9-6-15-4-5-16-9/h9H,2-8,12H2,1H3. The van der Waals surface area contributed by atoms with E-state index >= 15 is 0 Å². The Morgan fingerprint density at radius 2 is 2.38 bits per heavy atom. The van der Waals surface area contributed by atoms with Gasteiger partial charge in [0.25, 0.3) is 0 Å². The van der Waals surface area contributed by atoms with E-state index in [9.17, 15) is 4.79 Å². The Bertz CT molecular complexity index is 269. The second-order valence-electron chi connectivity index (χ2n) is 4.96. The third-order valence-corrected chi connectivity index (χ3v) is 6.20. The van der Waals surface area contributed by atoms with E-state index in [0.717, 1.165) is 31.0 Å². The van der Waals surface area contributed by atoms with Gasteiger partial charge in [-0.1, -0.05) is 6.92 Å². The summed E-state index contributed by atoms with van der Waals surface area (Å²) in [5, 5.41) is 0.193. The zero-order valence-electron chi connectivity index (χ0n) is 9.78. The van der Waals surface area contributed by atoms with E-state index in [1.165, 1.54) is 5.75 Å². The Kier molecular flexibility index (Phi) is 4.08. The van der Waals surface area contributed by atoms with Gasteiger partial charge in [0.2, 0.25) is 5.91 Å². The maximum Gasteiger partial charge on any atom is 0.236 e. The van der Waals surface area contributed by atoms with Gasteiger partial charge >= 0.3 is 0 Å². The van der Waals surface area contributed by atoms with Gasteiger partial charge in [-0.05, 0) is 18.4 Å². The van der Waals surface area contributed by atoms with Crippen molar-refractivity contribution < 1.29 is 4.79 Å². The molecule has 0 spiro atoms. The lowest BCUT2D eigenvalue weighted by atomic mass is 9.90. The largest absolute Gasteiger partial charge is 0.341 e. The van der Waals surface area contributed by atoms with Gasteiger partial charge in [0.15, 0.2) is 0 Å². The summed E-state index contributed by atoms with van der Waals surface area (Å²) < 4.78 is 0. The fourth-order valence-electron chi connectivity index (χ4n) is 2.21. The number of likely N-dealkylation sites (tertiary alicyclic amines) is 1. The summed E-state index contributed by atoms with van der Waals surface area (Å²) in [5.74, 6) is 3.63. The minimum atomic E-state index is 0.155. The van der Waals surface area contributed by atoms with Gasteiger partial charge in [-0.3, -0.25) is 4.79 Å².